The molecule has 0 radical (unpaired) electrons. The van der Waals surface area contributed by atoms with Crippen LogP contribution in [0.25, 0.3) is 0 Å². The van der Waals surface area contributed by atoms with E-state index in [0.29, 0.717) is 11.6 Å². The molecule has 3 heterocycles. The SMILES string of the molecule is Cc1cnc(C(=O)N2CCC[C@@H](Cc3cccnc3)C2)cn1. The van der Waals surface area contributed by atoms with Crippen LogP contribution >= 0.6 is 0 Å². The van der Waals surface area contributed by atoms with Crippen molar-refractivity contribution >= 4 is 5.91 Å². The van der Waals surface area contributed by atoms with Crippen molar-refractivity contribution in [2.45, 2.75) is 26.2 Å². The number of carbonyl (C=O) groups is 1. The lowest BCUT2D eigenvalue weighted by Gasteiger charge is -2.32. The number of carbonyl (C=O) groups excluding carboxylic acids is 1. The average molecular weight is 296 g/mol. The van der Waals surface area contributed by atoms with Crippen molar-refractivity contribution in [2.75, 3.05) is 13.1 Å². The molecule has 0 unspecified atom stereocenters. The van der Waals surface area contributed by atoms with E-state index in [9.17, 15) is 4.79 Å². The molecule has 3 rings (SSSR count). The number of hydrogen-bond acceptors (Lipinski definition) is 4. The zero-order valence-corrected chi connectivity index (χ0v) is 12.8. The number of hydrogen-bond donors (Lipinski definition) is 0. The Labute approximate surface area is 130 Å². The van der Waals surface area contributed by atoms with E-state index in [0.717, 1.165) is 38.0 Å². The lowest BCUT2D eigenvalue weighted by atomic mass is 9.92. The lowest BCUT2D eigenvalue weighted by molar-refractivity contribution is 0.0667. The summed E-state index contributed by atoms with van der Waals surface area (Å²) in [4.78, 5) is 27.0. The molecule has 0 spiro atoms. The number of likely N-dealkylation sites (tertiary alicyclic amines) is 1. The molecule has 5 nitrogen and oxygen atoms in total. The Morgan fingerprint density at radius 2 is 2.23 bits per heavy atom. The third-order valence-corrected chi connectivity index (χ3v) is 4.05. The van der Waals surface area contributed by atoms with Crippen molar-refractivity contribution in [2.24, 2.45) is 5.92 Å². The van der Waals surface area contributed by atoms with Crippen LogP contribution in [-0.4, -0.2) is 38.8 Å². The topological polar surface area (TPSA) is 59.0 Å². The van der Waals surface area contributed by atoms with Crippen molar-refractivity contribution < 1.29 is 4.79 Å². The number of aromatic nitrogens is 3. The van der Waals surface area contributed by atoms with Gasteiger partial charge in [-0.25, -0.2) is 4.98 Å². The second-order valence-corrected chi connectivity index (χ2v) is 5.87. The number of pyridine rings is 1. The predicted octanol–water partition coefficient (Wildman–Crippen LogP) is 2.27. The summed E-state index contributed by atoms with van der Waals surface area (Å²) < 4.78 is 0. The van der Waals surface area contributed by atoms with Gasteiger partial charge in [-0.15, -0.1) is 0 Å². The molecule has 2 aromatic heterocycles. The van der Waals surface area contributed by atoms with Gasteiger partial charge in [-0.2, -0.15) is 0 Å². The van der Waals surface area contributed by atoms with Gasteiger partial charge in [0.25, 0.3) is 5.91 Å². The van der Waals surface area contributed by atoms with Gasteiger partial charge < -0.3 is 4.90 Å². The number of aryl methyl sites for hydroxylation is 1. The van der Waals surface area contributed by atoms with Gasteiger partial charge in [0.15, 0.2) is 0 Å². The van der Waals surface area contributed by atoms with Crippen LogP contribution in [0.2, 0.25) is 0 Å². The minimum Gasteiger partial charge on any atom is -0.337 e. The number of nitrogens with zero attached hydrogens (tertiary/aromatic N) is 4. The first kappa shape index (κ1) is 14.6. The lowest BCUT2D eigenvalue weighted by Crippen LogP contribution is -2.40. The first-order chi connectivity index (χ1) is 10.7. The first-order valence-electron chi connectivity index (χ1n) is 7.69. The Kier molecular flexibility index (Phi) is 4.42. The minimum absolute atomic E-state index is 0.0108. The molecular formula is C17H20N4O. The number of amides is 1. The Bertz CT molecular complexity index is 627. The van der Waals surface area contributed by atoms with Crippen LogP contribution < -0.4 is 0 Å². The van der Waals surface area contributed by atoms with Gasteiger partial charge in [-0.1, -0.05) is 6.07 Å². The average Bonchev–Trinajstić information content (AvgIpc) is 2.56. The molecule has 5 heteroatoms. The smallest absolute Gasteiger partial charge is 0.274 e. The second-order valence-electron chi connectivity index (χ2n) is 5.87. The Hall–Kier alpha value is -2.30. The monoisotopic (exact) mass is 296 g/mol. The van der Waals surface area contributed by atoms with Crippen LogP contribution in [0, 0.1) is 12.8 Å². The molecule has 2 aromatic rings. The minimum atomic E-state index is -0.0108. The number of rotatable bonds is 3. The fourth-order valence-corrected chi connectivity index (χ4v) is 2.93. The van der Waals surface area contributed by atoms with Crippen molar-refractivity contribution in [3.63, 3.8) is 0 Å². The molecule has 0 N–H and O–H groups in total. The molecule has 0 bridgehead atoms. The maximum Gasteiger partial charge on any atom is 0.274 e. The summed E-state index contributed by atoms with van der Waals surface area (Å²) in [5.74, 6) is 0.476. The fraction of sp³-hybridized carbons (Fsp3) is 0.412. The standard InChI is InChI=1S/C17H20N4O/c1-13-9-20-16(11-19-13)17(22)21-7-3-5-15(12-21)8-14-4-2-6-18-10-14/h2,4,6,9-11,15H,3,5,7-8,12H2,1H3/t15-/m0/s1. The van der Waals surface area contributed by atoms with Gasteiger partial charge >= 0.3 is 0 Å². The summed E-state index contributed by atoms with van der Waals surface area (Å²) in [7, 11) is 0. The van der Waals surface area contributed by atoms with E-state index in [2.05, 4.69) is 21.0 Å². The Morgan fingerprint density at radius 1 is 1.32 bits per heavy atom. The summed E-state index contributed by atoms with van der Waals surface area (Å²) in [5.41, 5.74) is 2.49. The summed E-state index contributed by atoms with van der Waals surface area (Å²) in [6.45, 7) is 3.45. The molecule has 1 fully saturated rings. The fourth-order valence-electron chi connectivity index (χ4n) is 2.93. The maximum absolute atomic E-state index is 12.5. The van der Waals surface area contributed by atoms with Crippen molar-refractivity contribution in [3.05, 3.63) is 53.9 Å². The van der Waals surface area contributed by atoms with Crippen molar-refractivity contribution in [3.8, 4) is 0 Å². The highest BCUT2D eigenvalue weighted by atomic mass is 16.2. The summed E-state index contributed by atoms with van der Waals surface area (Å²) in [5, 5.41) is 0. The zero-order valence-electron chi connectivity index (χ0n) is 12.8. The van der Waals surface area contributed by atoms with Crippen LogP contribution in [0.3, 0.4) is 0 Å². The Balaban J connectivity index is 1.65. The van der Waals surface area contributed by atoms with E-state index in [4.69, 9.17) is 0 Å². The summed E-state index contributed by atoms with van der Waals surface area (Å²) >= 11 is 0. The molecule has 1 aliphatic rings. The van der Waals surface area contributed by atoms with Crippen molar-refractivity contribution in [1.29, 1.82) is 0 Å². The van der Waals surface area contributed by atoms with E-state index >= 15 is 0 Å². The Morgan fingerprint density at radius 3 is 2.95 bits per heavy atom. The van der Waals surface area contributed by atoms with Crippen LogP contribution in [-0.2, 0) is 6.42 Å². The van der Waals surface area contributed by atoms with E-state index in [1.54, 1.807) is 18.6 Å². The summed E-state index contributed by atoms with van der Waals surface area (Å²) in [6, 6.07) is 4.06. The molecule has 1 amide bonds. The van der Waals surface area contributed by atoms with Crippen LogP contribution in [0.1, 0.15) is 34.6 Å². The van der Waals surface area contributed by atoms with E-state index < -0.39 is 0 Å². The normalized spacial score (nSPS) is 18.2. The third-order valence-electron chi connectivity index (χ3n) is 4.05. The van der Waals surface area contributed by atoms with E-state index in [-0.39, 0.29) is 5.91 Å². The molecule has 0 aliphatic carbocycles. The largest absolute Gasteiger partial charge is 0.337 e. The van der Waals surface area contributed by atoms with Gasteiger partial charge in [0.05, 0.1) is 11.9 Å². The molecule has 1 atom stereocenters. The number of piperidine rings is 1. The van der Waals surface area contributed by atoms with Crippen molar-refractivity contribution in [1.82, 2.24) is 19.9 Å². The molecule has 0 saturated carbocycles. The van der Waals surface area contributed by atoms with Gasteiger partial charge in [0, 0.05) is 31.7 Å². The van der Waals surface area contributed by atoms with Gasteiger partial charge in [-0.3, -0.25) is 14.8 Å². The molecule has 1 aliphatic heterocycles. The van der Waals surface area contributed by atoms with E-state index in [1.165, 1.54) is 5.56 Å². The maximum atomic E-state index is 12.5. The van der Waals surface area contributed by atoms with Crippen LogP contribution in [0.15, 0.2) is 36.9 Å². The zero-order chi connectivity index (χ0) is 15.4. The molecule has 1 saturated heterocycles. The third kappa shape index (κ3) is 3.47. The quantitative estimate of drug-likeness (QED) is 0.872. The molecule has 22 heavy (non-hydrogen) atoms. The van der Waals surface area contributed by atoms with E-state index in [1.807, 2.05) is 24.1 Å². The highest BCUT2D eigenvalue weighted by Crippen LogP contribution is 2.21. The van der Waals surface area contributed by atoms with Crippen LogP contribution in [0.4, 0.5) is 0 Å². The van der Waals surface area contributed by atoms with Gasteiger partial charge in [-0.05, 0) is 43.7 Å². The van der Waals surface area contributed by atoms with Crippen LogP contribution in [0.5, 0.6) is 0 Å². The first-order valence-corrected chi connectivity index (χ1v) is 7.69. The highest BCUT2D eigenvalue weighted by Gasteiger charge is 2.25. The molecular weight excluding hydrogens is 276 g/mol. The highest BCUT2D eigenvalue weighted by molar-refractivity contribution is 5.92. The predicted molar refractivity (Wildman–Crippen MR) is 83.3 cm³/mol. The molecule has 0 aromatic carbocycles. The second kappa shape index (κ2) is 6.64. The summed E-state index contributed by atoms with van der Waals surface area (Å²) in [6.07, 6.45) is 10.1. The van der Waals surface area contributed by atoms with Gasteiger partial charge in [0.2, 0.25) is 0 Å². The van der Waals surface area contributed by atoms with Gasteiger partial charge in [0.1, 0.15) is 5.69 Å². The molecule has 114 valence electrons.